The maximum absolute atomic E-state index is 10.8. The van der Waals surface area contributed by atoms with Gasteiger partial charge in [0.1, 0.15) is 0 Å². The quantitative estimate of drug-likeness (QED) is 0.131. The molecule has 2 aliphatic heterocycles. The molecule has 0 saturated heterocycles. The van der Waals surface area contributed by atoms with Gasteiger partial charge in [-0.15, -0.1) is 0 Å². The van der Waals surface area contributed by atoms with Gasteiger partial charge in [-0.3, -0.25) is 0 Å². The van der Waals surface area contributed by atoms with Crippen LogP contribution in [0.3, 0.4) is 0 Å². The number of rotatable bonds is 9. The fourth-order valence-corrected chi connectivity index (χ4v) is 19.4. The van der Waals surface area contributed by atoms with E-state index in [4.69, 9.17) is 0 Å². The van der Waals surface area contributed by atoms with E-state index in [1.54, 1.807) is 20.5 Å². The molecule has 0 fully saturated rings. The molecule has 15 aromatic carbocycles. The van der Waals surface area contributed by atoms with Crippen molar-refractivity contribution in [1.82, 2.24) is 9.13 Å². The summed E-state index contributed by atoms with van der Waals surface area (Å²) in [7, 11) is 0. The van der Waals surface area contributed by atoms with E-state index < -0.39 is 75.4 Å². The van der Waals surface area contributed by atoms with E-state index in [9.17, 15) is 19.2 Å². The molecule has 20 rings (SSSR count). The average Bonchev–Trinajstić information content (AvgIpc) is 1.62. The molecule has 18 aromatic rings. The zero-order valence-electron chi connectivity index (χ0n) is 68.4. The Morgan fingerprint density at radius 3 is 1.42 bits per heavy atom. The minimum atomic E-state index is -0.557. The second-order valence-corrected chi connectivity index (χ2v) is 30.1. The van der Waals surface area contributed by atoms with Crippen molar-refractivity contribution in [2.75, 3.05) is 4.90 Å². The average molecular weight is 1370 g/mol. The zero-order chi connectivity index (χ0) is 78.5. The summed E-state index contributed by atoms with van der Waals surface area (Å²) < 4.78 is 147. The number of fused-ring (bicyclic) bond motifs is 14. The van der Waals surface area contributed by atoms with E-state index in [1.165, 1.54) is 0 Å². The molecular formula is C94H64BN3SSe. The Morgan fingerprint density at radius 2 is 0.850 bits per heavy atom. The van der Waals surface area contributed by atoms with E-state index in [2.05, 4.69) is 117 Å². The summed E-state index contributed by atoms with van der Waals surface area (Å²) in [6.45, 7) is 6.04. The summed E-state index contributed by atoms with van der Waals surface area (Å²) in [5, 5.41) is 2.25. The van der Waals surface area contributed by atoms with Crippen molar-refractivity contribution in [2.24, 2.45) is 0 Å². The molecule has 0 spiro atoms. The van der Waals surface area contributed by atoms with Gasteiger partial charge in [0.15, 0.2) is 0 Å². The molecule has 100 heavy (non-hydrogen) atoms. The molecule has 0 atom stereocenters. The normalized spacial score (nSPS) is 14.6. The molecular weight excluding hydrogens is 1290 g/mol. The molecule has 5 heterocycles. The van der Waals surface area contributed by atoms with E-state index >= 15 is 0 Å². The van der Waals surface area contributed by atoms with Crippen molar-refractivity contribution in [3.05, 3.63) is 339 Å². The zero-order valence-corrected chi connectivity index (χ0v) is 56.9. The van der Waals surface area contributed by atoms with Gasteiger partial charge in [0.25, 0.3) is 0 Å². The van der Waals surface area contributed by atoms with Crippen LogP contribution in [0, 0.1) is 0 Å². The molecule has 2 aliphatic rings. The van der Waals surface area contributed by atoms with Gasteiger partial charge in [-0.25, -0.2) is 0 Å². The van der Waals surface area contributed by atoms with Crippen molar-refractivity contribution in [3.8, 4) is 78.1 Å². The molecule has 0 aliphatic carbocycles. The van der Waals surface area contributed by atoms with Gasteiger partial charge in [0.2, 0.25) is 0 Å². The van der Waals surface area contributed by atoms with E-state index in [0.29, 0.717) is 33.9 Å². The van der Waals surface area contributed by atoms with Crippen molar-refractivity contribution in [3.63, 3.8) is 0 Å². The maximum atomic E-state index is 10.8. The predicted octanol–water partition coefficient (Wildman–Crippen LogP) is 21.8. The van der Waals surface area contributed by atoms with Gasteiger partial charge in [-0.05, 0) is 17.2 Å². The molecule has 6 heteroatoms. The standard InChI is InChI=1S/C94H64BN3SSe/c1-94(2,3)69-54-77(61-28-12-6-13-29-61)92(78(55-69)62-30-14-7-15-31-62)98-85-56-70(96-81-39-19-16-36-72(81)74-45-42-67(52-83(74)96)65-34-22-32-63(50-65)59-24-8-4-9-25-59)44-47-79(85)95-80-48-49-88-90(76-38-18-21-41-87(76)99-88)93(80)100-89-58-71(57-86(98)91(89)95)97-82-40-20-17-37-73(82)75-46-43-68(53-84(75)97)66-35-23-33-64(51-66)60-26-10-5-11-27-60/h4-58H,1-3H3/i16D,17D,19D,20D,36D,37D,39D,40D,42D,43D,45D,46D,52D,53D. The molecule has 0 amide bonds. The van der Waals surface area contributed by atoms with Crippen molar-refractivity contribution in [2.45, 2.75) is 26.2 Å². The fourth-order valence-electron chi connectivity index (χ4n) is 15.3. The van der Waals surface area contributed by atoms with Gasteiger partial charge in [-0.2, -0.15) is 0 Å². The summed E-state index contributed by atoms with van der Waals surface area (Å²) in [5.41, 5.74) is 14.7. The first-order chi connectivity index (χ1) is 55.1. The number of hydrogen-bond donors (Lipinski definition) is 0. The summed E-state index contributed by atoms with van der Waals surface area (Å²) in [4.78, 5) is 2.29. The third kappa shape index (κ3) is 9.39. The number of hydrogen-bond acceptors (Lipinski definition) is 2. The summed E-state index contributed by atoms with van der Waals surface area (Å²) in [5.74, 6) is 0. The van der Waals surface area contributed by atoms with Crippen LogP contribution in [0.4, 0.5) is 17.1 Å². The van der Waals surface area contributed by atoms with Crippen LogP contribution >= 0.6 is 11.3 Å². The molecule has 3 aromatic heterocycles. The van der Waals surface area contributed by atoms with E-state index in [-0.39, 0.29) is 91.0 Å². The summed E-state index contributed by atoms with van der Waals surface area (Å²) in [6.07, 6.45) is 0. The number of benzene rings is 15. The Kier molecular flexibility index (Phi) is 10.6. The Hall–Kier alpha value is -11.5. The Balaban J connectivity index is 0.971. The first-order valence-electron chi connectivity index (χ1n) is 40.5. The fraction of sp³-hybridized carbons (Fsp3) is 0.0426. The number of nitrogens with zero attached hydrogens (tertiary/aromatic N) is 3. The van der Waals surface area contributed by atoms with Crippen LogP contribution in [0.2, 0.25) is 0 Å². The number of anilines is 3. The Morgan fingerprint density at radius 1 is 0.370 bits per heavy atom. The van der Waals surface area contributed by atoms with Crippen LogP contribution in [0.15, 0.2) is 333 Å². The molecule has 0 saturated carbocycles. The number of aromatic nitrogens is 2. The molecule has 0 bridgehead atoms. The van der Waals surface area contributed by atoms with Crippen LogP contribution < -0.4 is 30.2 Å². The van der Waals surface area contributed by atoms with Gasteiger partial charge in [0.05, 0.1) is 2.74 Å². The molecule has 0 N–H and O–H groups in total. The van der Waals surface area contributed by atoms with Crippen LogP contribution in [-0.4, -0.2) is 30.8 Å². The van der Waals surface area contributed by atoms with E-state index in [1.807, 2.05) is 158 Å². The van der Waals surface area contributed by atoms with E-state index in [0.717, 1.165) is 101 Å². The van der Waals surface area contributed by atoms with Crippen LogP contribution in [-0.2, 0) is 5.41 Å². The molecule has 0 radical (unpaired) electrons. The first kappa shape index (κ1) is 45.9. The molecule has 0 unspecified atom stereocenters. The minimum absolute atomic E-state index is 0.000168. The third-order valence-corrected chi connectivity index (χ3v) is 23.6. The van der Waals surface area contributed by atoms with Crippen molar-refractivity contribution >= 4 is 139 Å². The third-order valence-electron chi connectivity index (χ3n) is 20.0. The number of para-hydroxylation sites is 2. The monoisotopic (exact) mass is 1370 g/mol. The predicted molar refractivity (Wildman–Crippen MR) is 430 cm³/mol. The SMILES string of the molecule is [2H]c1c([2H])c([2H])c2c(c1[2H])c1c([2H])c([2H])c(-c3cccc(-c4ccccc4)c3)c([2H])c1n2-c1ccc2c(c1)N(c1c(-c3ccccc3)cc(C(C)(C)C)cc1-c1ccccc1)c1cc(-n3c4c([2H])c([2H])c([2H])c([2H])c4c4c([2H])c([2H])c(-c5cccc(-c6ccccc6)c5)c([2H])c43)cc3c1B2c1ccc2sc4ccccc4c2c1[Se]3. The van der Waals surface area contributed by atoms with Crippen molar-refractivity contribution in [1.29, 1.82) is 0 Å². The van der Waals surface area contributed by atoms with Gasteiger partial charge in [-0.1, -0.05) is 66.7 Å². The summed E-state index contributed by atoms with van der Waals surface area (Å²) >= 11 is 1.17. The first-order valence-corrected chi connectivity index (χ1v) is 36.0. The molecule has 470 valence electrons. The Labute approximate surface area is 612 Å². The van der Waals surface area contributed by atoms with Gasteiger partial charge >= 0.3 is 529 Å². The second kappa shape index (κ2) is 23.1. The van der Waals surface area contributed by atoms with Crippen molar-refractivity contribution < 1.29 is 19.2 Å². The number of thiophene rings is 1. The van der Waals surface area contributed by atoms with Gasteiger partial charge < -0.3 is 0 Å². The van der Waals surface area contributed by atoms with Crippen LogP contribution in [0.25, 0.3) is 142 Å². The molecule has 3 nitrogen and oxygen atoms in total. The summed E-state index contributed by atoms with van der Waals surface area (Å²) in [6, 6.07) is 77.7. The topological polar surface area (TPSA) is 13.1 Å². The van der Waals surface area contributed by atoms with Crippen LogP contribution in [0.1, 0.15) is 45.5 Å². The van der Waals surface area contributed by atoms with Gasteiger partial charge in [0, 0.05) is 0 Å². The second-order valence-electron chi connectivity index (χ2n) is 26.8. The Bertz CT molecular complexity index is 7180. The van der Waals surface area contributed by atoms with Crippen LogP contribution in [0.5, 0.6) is 0 Å².